The molecule has 4 aliphatic rings. The van der Waals surface area contributed by atoms with Crippen molar-refractivity contribution in [2.24, 2.45) is 11.8 Å². The number of fused-ring (bicyclic) bond motifs is 6. The summed E-state index contributed by atoms with van der Waals surface area (Å²) in [5, 5.41) is 0. The van der Waals surface area contributed by atoms with Crippen molar-refractivity contribution in [2.75, 3.05) is 0 Å². The van der Waals surface area contributed by atoms with Gasteiger partial charge in [-0.25, -0.2) is 0 Å². The molecule has 2 aliphatic carbocycles. The predicted octanol–water partition coefficient (Wildman–Crippen LogP) is 38.8. The van der Waals surface area contributed by atoms with Crippen LogP contribution in [0.15, 0.2) is 218 Å². The first-order valence-corrected chi connectivity index (χ1v) is 49.0. The van der Waals surface area contributed by atoms with E-state index in [1.54, 1.807) is 22.3 Å². The lowest BCUT2D eigenvalue weighted by Crippen LogP contribution is -2.55. The molecule has 2 heteroatoms. The summed E-state index contributed by atoms with van der Waals surface area (Å²) in [6.07, 6.45) is 8.56. The Labute approximate surface area is 752 Å². The molecule has 2 aliphatic heterocycles. The van der Waals surface area contributed by atoms with Gasteiger partial charge in [0.15, 0.2) is 0 Å². The van der Waals surface area contributed by atoms with Crippen molar-refractivity contribution in [3.05, 3.63) is 307 Å². The molecule has 0 amide bonds. The maximum atomic E-state index is 6.47. The SMILES string of the molecule is CC.CC.CC.CC.CC.CC.CC.CC.CC.CC.CC.CC.CC.CC.CC.CC.CC.CC(Cc1ccccc1)C(C)Cc1ccccc1.CC1(C)CC2(CC(C)(C)c3ccccc32)c2ccccc21.CC1(C)CC2(CC(C)(C)c3ccccc3O2)Oc2ccccc21.Cc1cc(Cc2ccccc2C)c(C)c(Cc2ccccc2C)c1. The van der Waals surface area contributed by atoms with E-state index in [0.717, 1.165) is 37.2 Å². The largest absolute Gasteiger partial charge is 0.452 e. The molecule has 2 spiro atoms. The summed E-state index contributed by atoms with van der Waals surface area (Å²) < 4.78 is 12.9. The van der Waals surface area contributed by atoms with E-state index < -0.39 is 5.79 Å². The molecule has 2 heterocycles. The van der Waals surface area contributed by atoms with E-state index in [2.05, 4.69) is 303 Å². The Morgan fingerprint density at radius 3 is 0.750 bits per heavy atom. The van der Waals surface area contributed by atoms with Gasteiger partial charge in [-0.05, 0) is 173 Å². The standard InChI is InChI=1S/C24H26.C21H24O2.C21H24.C18H22.17C2H6/c1-17-13-23(15-21-11-7-5-9-18(21)2)20(4)24(14-17)16-22-12-8-6-10-19(22)3;1-19(2)13-21(22-17-11-7-5-9-15(17)19)14-20(3,4)16-10-6-8-12-18(16)23-21;1-19(2)13-21(17-11-7-5-9-15(17)19)14-20(3,4)16-10-6-8-12-18(16)21;1-15(13-17-9-5-3-6-10-17)16(2)14-18-11-7-4-8-12-18;17*1-2/h5-14H,15-16H2,1-4H3;5-12H,13-14H2,1-4H3;5-12H,13-14H2,1-4H3;3-12,15-16H,13-14H2,1-2H3;17*1-2H3. The zero-order chi connectivity index (χ0) is 95.1. The molecular formula is C118H198O2. The quantitative estimate of drug-likeness (QED) is 0.143. The summed E-state index contributed by atoms with van der Waals surface area (Å²) in [4.78, 5) is 0. The lowest BCUT2D eigenvalue weighted by Gasteiger charge is -2.51. The third-order valence-electron chi connectivity index (χ3n) is 19.9. The minimum atomic E-state index is -0.588. The summed E-state index contributed by atoms with van der Waals surface area (Å²) >= 11 is 0. The second kappa shape index (κ2) is 75.3. The van der Waals surface area contributed by atoms with Crippen molar-refractivity contribution in [1.82, 2.24) is 0 Å². The molecule has 0 saturated carbocycles. The van der Waals surface area contributed by atoms with Crippen LogP contribution in [0.5, 0.6) is 11.5 Å². The molecule has 0 aromatic heterocycles. The Balaban J connectivity index is -0.000000208. The van der Waals surface area contributed by atoms with Crippen LogP contribution in [0.4, 0.5) is 0 Å². The average molecular weight is 1650 g/mol. The van der Waals surface area contributed by atoms with Crippen LogP contribution in [0.25, 0.3) is 0 Å². The minimum absolute atomic E-state index is 0.0250. The highest BCUT2D eigenvalue weighted by atomic mass is 16.7. The number of aryl methyl sites for hydroxylation is 3. The molecule has 0 saturated heterocycles. The summed E-state index contributed by atoms with van der Waals surface area (Å²) in [6, 6.07) is 78.7. The van der Waals surface area contributed by atoms with Gasteiger partial charge in [0.1, 0.15) is 11.5 Å². The van der Waals surface area contributed by atoms with Gasteiger partial charge >= 0.3 is 0 Å². The van der Waals surface area contributed by atoms with E-state index in [1.807, 2.05) is 248 Å². The molecule has 9 aromatic carbocycles. The predicted molar refractivity (Wildman–Crippen MR) is 557 cm³/mol. The van der Waals surface area contributed by atoms with Crippen LogP contribution in [0.3, 0.4) is 0 Å². The molecular weight excluding hydrogens is 1450 g/mol. The van der Waals surface area contributed by atoms with Crippen molar-refractivity contribution in [2.45, 2.75) is 417 Å². The van der Waals surface area contributed by atoms with Gasteiger partial charge in [-0.2, -0.15) is 0 Å². The van der Waals surface area contributed by atoms with E-state index in [9.17, 15) is 0 Å². The summed E-state index contributed by atoms with van der Waals surface area (Å²) in [5.74, 6) is 2.76. The molecule has 0 fully saturated rings. The summed E-state index contributed by atoms with van der Waals surface area (Å²) in [6.45, 7) is 100. The van der Waals surface area contributed by atoms with Gasteiger partial charge in [-0.3, -0.25) is 0 Å². The Bertz CT molecular complexity index is 3520. The van der Waals surface area contributed by atoms with Gasteiger partial charge in [0.2, 0.25) is 0 Å². The first kappa shape index (κ1) is 128. The number of hydrogen-bond acceptors (Lipinski definition) is 2. The molecule has 0 N–H and O–H groups in total. The zero-order valence-electron chi connectivity index (χ0n) is 88.4. The molecule has 2 atom stereocenters. The van der Waals surface area contributed by atoms with Gasteiger partial charge in [0.05, 0.1) is 0 Å². The molecule has 0 radical (unpaired) electrons. The molecule has 0 bridgehead atoms. The third kappa shape index (κ3) is 40.7. The fourth-order valence-electron chi connectivity index (χ4n) is 15.4. The maximum Gasteiger partial charge on any atom is 0.252 e. The van der Waals surface area contributed by atoms with Crippen molar-refractivity contribution >= 4 is 0 Å². The van der Waals surface area contributed by atoms with Crippen LogP contribution in [-0.2, 0) is 52.8 Å². The van der Waals surface area contributed by atoms with Crippen molar-refractivity contribution < 1.29 is 9.47 Å². The highest BCUT2D eigenvalue weighted by molar-refractivity contribution is 5.59. The summed E-state index contributed by atoms with van der Waals surface area (Å²) in [5.41, 5.74) is 23.8. The highest BCUT2D eigenvalue weighted by Crippen LogP contribution is 2.62. The van der Waals surface area contributed by atoms with Gasteiger partial charge in [0, 0.05) is 40.2 Å². The van der Waals surface area contributed by atoms with Crippen molar-refractivity contribution in [3.8, 4) is 11.5 Å². The van der Waals surface area contributed by atoms with Crippen LogP contribution < -0.4 is 9.47 Å². The second-order valence-corrected chi connectivity index (χ2v) is 28.8. The molecule has 9 aromatic rings. The number of benzene rings is 9. The van der Waals surface area contributed by atoms with E-state index in [1.165, 1.54) is 92.4 Å². The van der Waals surface area contributed by atoms with Gasteiger partial charge in [-0.15, -0.1) is 0 Å². The van der Waals surface area contributed by atoms with Gasteiger partial charge in [-0.1, -0.05) is 516 Å². The lowest BCUT2D eigenvalue weighted by molar-refractivity contribution is -0.166. The maximum absolute atomic E-state index is 6.47. The van der Waals surface area contributed by atoms with Crippen LogP contribution >= 0.6 is 0 Å². The summed E-state index contributed by atoms with van der Waals surface area (Å²) in [7, 11) is 0. The smallest absolute Gasteiger partial charge is 0.252 e. The van der Waals surface area contributed by atoms with E-state index in [-0.39, 0.29) is 27.1 Å². The Morgan fingerprint density at radius 2 is 0.475 bits per heavy atom. The monoisotopic (exact) mass is 1650 g/mol. The molecule has 682 valence electrons. The Hall–Kier alpha value is -7.42. The van der Waals surface area contributed by atoms with Crippen LogP contribution in [0, 0.1) is 39.5 Å². The second-order valence-electron chi connectivity index (χ2n) is 28.8. The van der Waals surface area contributed by atoms with Crippen LogP contribution in [0.1, 0.15) is 419 Å². The Morgan fingerprint density at radius 1 is 0.250 bits per heavy atom. The topological polar surface area (TPSA) is 18.5 Å². The molecule has 13 rings (SSSR count). The van der Waals surface area contributed by atoms with Crippen molar-refractivity contribution in [1.29, 1.82) is 0 Å². The number of ether oxygens (including phenoxy) is 2. The zero-order valence-corrected chi connectivity index (χ0v) is 88.4. The first-order valence-electron chi connectivity index (χ1n) is 49.0. The normalized spacial score (nSPS) is 13.5. The third-order valence-corrected chi connectivity index (χ3v) is 19.9. The number of rotatable bonds is 9. The van der Waals surface area contributed by atoms with Crippen molar-refractivity contribution in [3.63, 3.8) is 0 Å². The van der Waals surface area contributed by atoms with E-state index in [4.69, 9.17) is 9.47 Å². The van der Waals surface area contributed by atoms with Crippen LogP contribution in [0.2, 0.25) is 0 Å². The van der Waals surface area contributed by atoms with E-state index in [0.29, 0.717) is 11.8 Å². The fraction of sp³-hybridized carbons (Fsp3) is 0.542. The molecule has 2 nitrogen and oxygen atoms in total. The van der Waals surface area contributed by atoms with Crippen LogP contribution in [-0.4, -0.2) is 5.79 Å². The number of hydrogen-bond donors (Lipinski definition) is 0. The minimum Gasteiger partial charge on any atom is -0.452 e. The molecule has 2 unspecified atom stereocenters. The van der Waals surface area contributed by atoms with Gasteiger partial charge in [0.25, 0.3) is 5.79 Å². The average Bonchev–Trinajstić information content (AvgIpc) is 1.53. The fourth-order valence-corrected chi connectivity index (χ4v) is 15.4. The highest BCUT2D eigenvalue weighted by Gasteiger charge is 2.56. The number of para-hydroxylation sites is 2. The van der Waals surface area contributed by atoms with Gasteiger partial charge < -0.3 is 9.47 Å². The lowest BCUT2D eigenvalue weighted by atomic mass is 9.69. The molecule has 120 heavy (non-hydrogen) atoms. The first-order chi connectivity index (χ1) is 58.0. The van der Waals surface area contributed by atoms with E-state index >= 15 is 0 Å². The Kier molecular flexibility index (Phi) is 80.5.